The molecular weight excluding hydrogens is 156 g/mol. The molecule has 0 fully saturated rings. The molecule has 1 unspecified atom stereocenters. The third-order valence-electron chi connectivity index (χ3n) is 1.94. The van der Waals surface area contributed by atoms with Crippen LogP contribution in [-0.4, -0.2) is 47.3 Å². The van der Waals surface area contributed by atoms with E-state index >= 15 is 0 Å². The second-order valence-corrected chi connectivity index (χ2v) is 3.23. The average Bonchev–Trinajstić information content (AvgIpc) is 2.00. The van der Waals surface area contributed by atoms with E-state index in [9.17, 15) is 4.79 Å². The molecule has 1 atom stereocenters. The number of nitrogens with zero attached hydrogens (tertiary/aromatic N) is 2. The van der Waals surface area contributed by atoms with Crippen LogP contribution in [0.1, 0.15) is 20.8 Å². The summed E-state index contributed by atoms with van der Waals surface area (Å²) in [6.07, 6.45) is -0.737. The van der Waals surface area contributed by atoms with E-state index in [-0.39, 0.29) is 12.1 Å². The van der Waals surface area contributed by atoms with Gasteiger partial charge < -0.3 is 14.9 Å². The van der Waals surface area contributed by atoms with E-state index < -0.39 is 6.23 Å². The quantitative estimate of drug-likeness (QED) is 0.627. The third-order valence-corrected chi connectivity index (χ3v) is 1.94. The molecule has 0 spiro atoms. The van der Waals surface area contributed by atoms with E-state index in [1.54, 1.807) is 25.9 Å². The highest BCUT2D eigenvalue weighted by Gasteiger charge is 2.18. The zero-order valence-electron chi connectivity index (χ0n) is 8.40. The smallest absolute Gasteiger partial charge is 0.321 e. The molecule has 0 aromatic heterocycles. The van der Waals surface area contributed by atoms with Gasteiger partial charge in [0.1, 0.15) is 6.23 Å². The van der Waals surface area contributed by atoms with Gasteiger partial charge in [-0.15, -0.1) is 0 Å². The first-order valence-corrected chi connectivity index (χ1v) is 4.05. The normalized spacial score (nSPS) is 12.9. The minimum Gasteiger partial charge on any atom is -0.374 e. The Labute approximate surface area is 73.8 Å². The highest BCUT2D eigenvalue weighted by atomic mass is 16.3. The number of urea groups is 1. The molecule has 0 rings (SSSR count). The molecule has 2 amide bonds. The van der Waals surface area contributed by atoms with Crippen LogP contribution in [0.15, 0.2) is 0 Å². The van der Waals surface area contributed by atoms with Crippen LogP contribution in [0.5, 0.6) is 0 Å². The lowest BCUT2D eigenvalue weighted by molar-refractivity contribution is 0.0466. The first kappa shape index (κ1) is 11.2. The molecule has 12 heavy (non-hydrogen) atoms. The number of aliphatic hydroxyl groups is 1. The van der Waals surface area contributed by atoms with E-state index in [0.29, 0.717) is 0 Å². The average molecular weight is 174 g/mol. The van der Waals surface area contributed by atoms with Crippen molar-refractivity contribution in [3.63, 3.8) is 0 Å². The highest BCUT2D eigenvalue weighted by Crippen LogP contribution is 2.01. The van der Waals surface area contributed by atoms with Gasteiger partial charge in [0.25, 0.3) is 0 Å². The molecule has 4 heteroatoms. The molecule has 4 nitrogen and oxygen atoms in total. The molecule has 1 N–H and O–H groups in total. The van der Waals surface area contributed by atoms with Crippen molar-refractivity contribution in [1.29, 1.82) is 0 Å². The van der Waals surface area contributed by atoms with E-state index in [4.69, 9.17) is 5.11 Å². The maximum absolute atomic E-state index is 11.4. The fraction of sp³-hybridized carbons (Fsp3) is 0.875. The summed E-state index contributed by atoms with van der Waals surface area (Å²) in [6.45, 7) is 5.41. The molecule has 0 heterocycles. The first-order chi connectivity index (χ1) is 5.37. The molecule has 0 saturated carbocycles. The van der Waals surface area contributed by atoms with Crippen molar-refractivity contribution in [3.8, 4) is 0 Å². The van der Waals surface area contributed by atoms with Crippen molar-refractivity contribution in [2.75, 3.05) is 14.1 Å². The van der Waals surface area contributed by atoms with Crippen molar-refractivity contribution in [3.05, 3.63) is 0 Å². The Bertz CT molecular complexity index is 141. The third kappa shape index (κ3) is 2.70. The lowest BCUT2D eigenvalue weighted by Gasteiger charge is -2.29. The Morgan fingerprint density at radius 1 is 1.17 bits per heavy atom. The standard InChI is InChI=1S/C8H18N2O2/c1-6(2)9(4)8(12)10(5)7(3)11/h6-7,11H,1-5H3. The van der Waals surface area contributed by atoms with Crippen LogP contribution in [0.25, 0.3) is 0 Å². The molecule has 0 aromatic rings. The molecular formula is C8H18N2O2. The number of aliphatic hydroxyl groups excluding tert-OH is 1. The summed E-state index contributed by atoms with van der Waals surface area (Å²) in [5.74, 6) is 0. The largest absolute Gasteiger partial charge is 0.374 e. The van der Waals surface area contributed by atoms with Gasteiger partial charge in [-0.25, -0.2) is 4.79 Å². The van der Waals surface area contributed by atoms with Crippen LogP contribution in [0, 0.1) is 0 Å². The molecule has 0 aromatic carbocycles. The predicted molar refractivity (Wildman–Crippen MR) is 47.7 cm³/mol. The van der Waals surface area contributed by atoms with Crippen molar-refractivity contribution in [1.82, 2.24) is 9.80 Å². The second-order valence-electron chi connectivity index (χ2n) is 3.23. The van der Waals surface area contributed by atoms with Crippen molar-refractivity contribution >= 4 is 6.03 Å². The minimum absolute atomic E-state index is 0.152. The zero-order valence-corrected chi connectivity index (χ0v) is 8.40. The minimum atomic E-state index is -0.737. The Hall–Kier alpha value is -0.770. The molecule has 0 aliphatic carbocycles. The van der Waals surface area contributed by atoms with Gasteiger partial charge in [0.15, 0.2) is 0 Å². The lowest BCUT2D eigenvalue weighted by atomic mass is 10.3. The van der Waals surface area contributed by atoms with Crippen LogP contribution in [-0.2, 0) is 0 Å². The van der Waals surface area contributed by atoms with Crippen LogP contribution in [0.3, 0.4) is 0 Å². The summed E-state index contributed by atoms with van der Waals surface area (Å²) in [7, 11) is 3.29. The van der Waals surface area contributed by atoms with Crippen molar-refractivity contribution < 1.29 is 9.90 Å². The van der Waals surface area contributed by atoms with Crippen LogP contribution in [0.2, 0.25) is 0 Å². The van der Waals surface area contributed by atoms with E-state index in [2.05, 4.69) is 0 Å². The fourth-order valence-electron chi connectivity index (χ4n) is 0.630. The number of carbonyl (C=O) groups excluding carboxylic acids is 1. The van der Waals surface area contributed by atoms with Gasteiger partial charge in [0.2, 0.25) is 0 Å². The second kappa shape index (κ2) is 4.30. The number of carbonyl (C=O) groups is 1. The number of rotatable bonds is 2. The van der Waals surface area contributed by atoms with Gasteiger partial charge in [0, 0.05) is 20.1 Å². The summed E-state index contributed by atoms with van der Waals surface area (Å²) in [5, 5.41) is 9.10. The Kier molecular flexibility index (Phi) is 4.03. The maximum Gasteiger partial charge on any atom is 0.321 e. The molecule has 0 saturated heterocycles. The van der Waals surface area contributed by atoms with Crippen molar-refractivity contribution in [2.45, 2.75) is 33.0 Å². The molecule has 0 bridgehead atoms. The summed E-state index contributed by atoms with van der Waals surface area (Å²) >= 11 is 0. The van der Waals surface area contributed by atoms with E-state index in [1.807, 2.05) is 13.8 Å². The summed E-state index contributed by atoms with van der Waals surface area (Å²) in [5.41, 5.74) is 0. The molecule has 0 aliphatic rings. The monoisotopic (exact) mass is 174 g/mol. The fourth-order valence-corrected chi connectivity index (χ4v) is 0.630. The Balaban J connectivity index is 4.19. The SMILES string of the molecule is CC(C)N(C)C(=O)N(C)C(C)O. The lowest BCUT2D eigenvalue weighted by Crippen LogP contribution is -2.45. The maximum atomic E-state index is 11.4. The van der Waals surface area contributed by atoms with Crippen molar-refractivity contribution in [2.24, 2.45) is 0 Å². The van der Waals surface area contributed by atoms with Gasteiger partial charge in [-0.3, -0.25) is 0 Å². The predicted octanol–water partition coefficient (Wildman–Crippen LogP) is 0.717. The summed E-state index contributed by atoms with van der Waals surface area (Å²) < 4.78 is 0. The topological polar surface area (TPSA) is 43.8 Å². The molecule has 0 aliphatic heterocycles. The van der Waals surface area contributed by atoms with Gasteiger partial charge >= 0.3 is 6.03 Å². The van der Waals surface area contributed by atoms with Gasteiger partial charge in [0.05, 0.1) is 0 Å². The number of hydrogen-bond donors (Lipinski definition) is 1. The zero-order chi connectivity index (χ0) is 9.89. The Morgan fingerprint density at radius 2 is 1.58 bits per heavy atom. The van der Waals surface area contributed by atoms with Gasteiger partial charge in [-0.05, 0) is 20.8 Å². The van der Waals surface area contributed by atoms with Gasteiger partial charge in [-0.1, -0.05) is 0 Å². The summed E-state index contributed by atoms with van der Waals surface area (Å²) in [6, 6.07) is -0.0151. The number of hydrogen-bond acceptors (Lipinski definition) is 2. The highest BCUT2D eigenvalue weighted by molar-refractivity contribution is 5.74. The van der Waals surface area contributed by atoms with Crippen LogP contribution < -0.4 is 0 Å². The molecule has 0 radical (unpaired) electrons. The Morgan fingerprint density at radius 3 is 1.83 bits per heavy atom. The number of amides is 2. The van der Waals surface area contributed by atoms with E-state index in [1.165, 1.54) is 4.90 Å². The van der Waals surface area contributed by atoms with Crippen LogP contribution >= 0.6 is 0 Å². The van der Waals surface area contributed by atoms with Crippen LogP contribution in [0.4, 0.5) is 4.79 Å². The molecule has 72 valence electrons. The van der Waals surface area contributed by atoms with Gasteiger partial charge in [-0.2, -0.15) is 0 Å². The van der Waals surface area contributed by atoms with E-state index in [0.717, 1.165) is 0 Å². The summed E-state index contributed by atoms with van der Waals surface area (Å²) in [4.78, 5) is 14.3. The first-order valence-electron chi connectivity index (χ1n) is 4.05.